The number of amides is 1. The molecule has 3 heterocycles. The third-order valence-electron chi connectivity index (χ3n) is 5.55. The quantitative estimate of drug-likeness (QED) is 0.235. The number of fused-ring (bicyclic) bond motifs is 1. The van der Waals surface area contributed by atoms with Gasteiger partial charge in [0.25, 0.3) is 11.6 Å². The largest absolute Gasteiger partial charge is 0.434 e. The highest BCUT2D eigenvalue weighted by Crippen LogP contribution is 2.27. The van der Waals surface area contributed by atoms with Crippen LogP contribution >= 0.6 is 12.2 Å². The van der Waals surface area contributed by atoms with E-state index < -0.39 is 10.8 Å². The van der Waals surface area contributed by atoms with Crippen LogP contribution in [0.5, 0.6) is 0 Å². The van der Waals surface area contributed by atoms with Crippen molar-refractivity contribution in [3.05, 3.63) is 76.5 Å². The van der Waals surface area contributed by atoms with E-state index in [0.29, 0.717) is 60.4 Å². The van der Waals surface area contributed by atoms with E-state index in [0.717, 1.165) is 0 Å². The van der Waals surface area contributed by atoms with Crippen LogP contribution in [-0.4, -0.2) is 52.2 Å². The molecule has 1 aliphatic heterocycles. The van der Waals surface area contributed by atoms with Crippen LogP contribution in [0.15, 0.2) is 65.2 Å². The van der Waals surface area contributed by atoms with Crippen LogP contribution in [0.25, 0.3) is 22.7 Å². The van der Waals surface area contributed by atoms with Gasteiger partial charge in [0.1, 0.15) is 0 Å². The molecule has 182 valence electrons. The number of hydrogen-bond donors (Lipinski definition) is 2. The van der Waals surface area contributed by atoms with Crippen molar-refractivity contribution in [1.29, 1.82) is 0 Å². The number of nitro benzene ring substituents is 1. The van der Waals surface area contributed by atoms with Crippen LogP contribution in [0.3, 0.4) is 0 Å². The van der Waals surface area contributed by atoms with E-state index in [9.17, 15) is 14.9 Å². The molecule has 2 N–H and O–H groups in total. The van der Waals surface area contributed by atoms with Gasteiger partial charge in [-0.25, -0.2) is 4.98 Å². The van der Waals surface area contributed by atoms with Crippen LogP contribution in [0.2, 0.25) is 0 Å². The van der Waals surface area contributed by atoms with Gasteiger partial charge >= 0.3 is 0 Å². The maximum absolute atomic E-state index is 13.1. The van der Waals surface area contributed by atoms with Crippen LogP contribution in [0.4, 0.5) is 17.1 Å². The first-order valence-corrected chi connectivity index (χ1v) is 11.4. The van der Waals surface area contributed by atoms with Gasteiger partial charge in [0.05, 0.1) is 29.4 Å². The van der Waals surface area contributed by atoms with Crippen molar-refractivity contribution in [2.24, 2.45) is 0 Å². The average Bonchev–Trinajstić information content (AvgIpc) is 3.33. The van der Waals surface area contributed by atoms with E-state index in [-0.39, 0.29) is 16.4 Å². The zero-order chi connectivity index (χ0) is 25.1. The summed E-state index contributed by atoms with van der Waals surface area (Å²) in [6.45, 7) is 2.15. The summed E-state index contributed by atoms with van der Waals surface area (Å²) in [6.07, 6.45) is 1.64. The Balaban J connectivity index is 1.33. The van der Waals surface area contributed by atoms with Gasteiger partial charge in [0.15, 0.2) is 16.3 Å². The van der Waals surface area contributed by atoms with Gasteiger partial charge in [-0.1, -0.05) is 6.07 Å². The second-order valence-electron chi connectivity index (χ2n) is 7.89. The summed E-state index contributed by atoms with van der Waals surface area (Å²) in [5, 5.41) is 16.9. The highest BCUT2D eigenvalue weighted by atomic mass is 32.1. The lowest BCUT2D eigenvalue weighted by molar-refractivity contribution is -0.384. The Labute approximate surface area is 210 Å². The monoisotopic (exact) mass is 504 g/mol. The number of anilines is 2. The number of nitrogens with zero attached hydrogens (tertiary/aromatic N) is 4. The highest BCUT2D eigenvalue weighted by Gasteiger charge is 2.23. The number of rotatable bonds is 5. The molecule has 2 aromatic carbocycles. The number of benzene rings is 2. The molecule has 11 nitrogen and oxygen atoms in total. The molecule has 0 spiro atoms. The number of oxazole rings is 1. The number of ether oxygens (including phenoxy) is 1. The van der Waals surface area contributed by atoms with E-state index in [1.54, 1.807) is 42.6 Å². The third kappa shape index (κ3) is 4.99. The molecule has 0 saturated carbocycles. The first-order valence-electron chi connectivity index (χ1n) is 11.0. The van der Waals surface area contributed by atoms with E-state index in [2.05, 4.69) is 20.6 Å². The number of carbonyl (C=O) groups excluding carboxylic acids is 1. The minimum atomic E-state index is -0.557. The summed E-state index contributed by atoms with van der Waals surface area (Å²) in [7, 11) is 0. The summed E-state index contributed by atoms with van der Waals surface area (Å²) >= 11 is 5.35. The van der Waals surface area contributed by atoms with Gasteiger partial charge in [0.2, 0.25) is 5.89 Å². The topological polar surface area (TPSA) is 136 Å². The normalized spacial score (nSPS) is 13.4. The molecule has 0 atom stereocenters. The number of hydrogen-bond acceptors (Lipinski definition) is 9. The number of morpholine rings is 1. The molecular weight excluding hydrogens is 484 g/mol. The standard InChI is InChI=1S/C24H20N6O5S/c31-22(18-14-17(30(32)33)6-7-19(18)29-9-11-34-12-10-29)28-24(36)26-16-4-1-3-15(13-16)23-27-21-20(35-23)5-2-8-25-21/h1-8,13-14H,9-12H2,(H2,26,28,31,36). The second-order valence-corrected chi connectivity index (χ2v) is 8.30. The number of non-ortho nitro benzene ring substituents is 1. The zero-order valence-electron chi connectivity index (χ0n) is 18.8. The molecule has 1 amide bonds. The number of thiocarbonyl (C=S) groups is 1. The summed E-state index contributed by atoms with van der Waals surface area (Å²) in [5.74, 6) is -0.159. The summed E-state index contributed by atoms with van der Waals surface area (Å²) < 4.78 is 11.1. The Hall–Kier alpha value is -4.42. The fraction of sp³-hybridized carbons (Fsp3) is 0.167. The Kier molecular flexibility index (Phi) is 6.52. The number of pyridine rings is 1. The predicted molar refractivity (Wildman–Crippen MR) is 137 cm³/mol. The second kappa shape index (κ2) is 10.1. The minimum absolute atomic E-state index is 0.0378. The van der Waals surface area contributed by atoms with Crippen LogP contribution < -0.4 is 15.5 Å². The van der Waals surface area contributed by atoms with Crippen molar-refractivity contribution in [3.8, 4) is 11.5 Å². The number of nitrogens with one attached hydrogen (secondary N) is 2. The Morgan fingerprint density at radius 2 is 1.94 bits per heavy atom. The van der Waals surface area contributed by atoms with Crippen molar-refractivity contribution < 1.29 is 18.9 Å². The van der Waals surface area contributed by atoms with Crippen LogP contribution in [-0.2, 0) is 4.74 Å². The lowest BCUT2D eigenvalue weighted by Crippen LogP contribution is -2.39. The zero-order valence-corrected chi connectivity index (χ0v) is 19.7. The van der Waals surface area contributed by atoms with Crippen molar-refractivity contribution in [2.45, 2.75) is 0 Å². The van der Waals surface area contributed by atoms with Gasteiger partial charge in [0, 0.05) is 42.7 Å². The van der Waals surface area contributed by atoms with Gasteiger partial charge in [-0.05, 0) is 48.6 Å². The van der Waals surface area contributed by atoms with E-state index in [4.69, 9.17) is 21.4 Å². The van der Waals surface area contributed by atoms with Crippen LogP contribution in [0, 0.1) is 10.1 Å². The van der Waals surface area contributed by atoms with Crippen molar-refractivity contribution >= 4 is 51.5 Å². The number of aromatic nitrogens is 2. The lowest BCUT2D eigenvalue weighted by atomic mass is 10.1. The van der Waals surface area contributed by atoms with Crippen molar-refractivity contribution in [1.82, 2.24) is 15.3 Å². The molecule has 1 aliphatic rings. The highest BCUT2D eigenvalue weighted by molar-refractivity contribution is 7.80. The molecule has 1 saturated heterocycles. The SMILES string of the molecule is O=C(NC(=S)Nc1cccc(-c2nc3ncccc3o2)c1)c1cc([N+](=O)[O-])ccc1N1CCOCC1. The summed E-state index contributed by atoms with van der Waals surface area (Å²) in [4.78, 5) is 34.4. The van der Waals surface area contributed by atoms with E-state index >= 15 is 0 Å². The lowest BCUT2D eigenvalue weighted by Gasteiger charge is -2.30. The number of nitro groups is 1. The fourth-order valence-electron chi connectivity index (χ4n) is 3.85. The molecule has 36 heavy (non-hydrogen) atoms. The van der Waals surface area contributed by atoms with E-state index in [1.807, 2.05) is 11.0 Å². The molecular formula is C24H20N6O5S. The van der Waals surface area contributed by atoms with Gasteiger partial charge in [-0.2, -0.15) is 4.98 Å². The summed E-state index contributed by atoms with van der Waals surface area (Å²) in [5.41, 5.74) is 2.92. The van der Waals surface area contributed by atoms with E-state index in [1.165, 1.54) is 12.1 Å². The Morgan fingerprint density at radius 1 is 1.11 bits per heavy atom. The Bertz CT molecular complexity index is 1430. The third-order valence-corrected chi connectivity index (χ3v) is 5.75. The van der Waals surface area contributed by atoms with Gasteiger partial charge < -0.3 is 19.4 Å². The smallest absolute Gasteiger partial charge is 0.270 e. The predicted octanol–water partition coefficient (Wildman–Crippen LogP) is 3.76. The molecule has 0 aliphatic carbocycles. The average molecular weight is 505 g/mol. The molecule has 2 aromatic heterocycles. The molecule has 0 bridgehead atoms. The molecule has 1 fully saturated rings. The Morgan fingerprint density at radius 3 is 2.72 bits per heavy atom. The maximum Gasteiger partial charge on any atom is 0.270 e. The maximum atomic E-state index is 13.1. The first-order chi connectivity index (χ1) is 17.5. The van der Waals surface area contributed by atoms with Gasteiger partial charge in [-0.15, -0.1) is 0 Å². The van der Waals surface area contributed by atoms with Crippen molar-refractivity contribution in [2.75, 3.05) is 36.5 Å². The molecule has 0 radical (unpaired) electrons. The van der Waals surface area contributed by atoms with Gasteiger partial charge in [-0.3, -0.25) is 20.2 Å². The van der Waals surface area contributed by atoms with Crippen molar-refractivity contribution in [3.63, 3.8) is 0 Å². The molecule has 0 unspecified atom stereocenters. The summed E-state index contributed by atoms with van der Waals surface area (Å²) in [6, 6.07) is 14.9. The first kappa shape index (κ1) is 23.3. The number of carbonyl (C=O) groups is 1. The fourth-order valence-corrected chi connectivity index (χ4v) is 4.07. The molecule has 4 aromatic rings. The molecule has 5 rings (SSSR count). The van der Waals surface area contributed by atoms with Crippen LogP contribution in [0.1, 0.15) is 10.4 Å². The molecule has 12 heteroatoms. The minimum Gasteiger partial charge on any atom is -0.434 e.